The molecule has 1 aliphatic rings. The van der Waals surface area contributed by atoms with Crippen molar-refractivity contribution in [2.45, 2.75) is 38.6 Å². The number of aryl methyl sites for hydroxylation is 1. The number of hydrogen-bond donors (Lipinski definition) is 3. The lowest BCUT2D eigenvalue weighted by Gasteiger charge is -2.15. The lowest BCUT2D eigenvalue weighted by atomic mass is 10.1. The molecule has 1 aliphatic carbocycles. The van der Waals surface area contributed by atoms with Gasteiger partial charge in [-0.3, -0.25) is 15.6 Å². The predicted octanol–water partition coefficient (Wildman–Crippen LogP) is 3.26. The van der Waals surface area contributed by atoms with Crippen LogP contribution in [0.4, 0.5) is 0 Å². The molecule has 0 spiro atoms. The number of carbonyl (C=O) groups excluding carboxylic acids is 1. The highest BCUT2D eigenvalue weighted by Crippen LogP contribution is 2.30. The standard InChI is InChI=1S/C16H19N3OS2/c1-10-12-8-4-5-9-13(12)22-14(10)15(20)18-19-16(21)17-11-6-2-3-7-11/h4-5,8-9,11H,2-3,6-7H2,1H3,(H,18,20)(H2,17,19,21). The van der Waals surface area contributed by atoms with E-state index in [-0.39, 0.29) is 5.91 Å². The van der Waals surface area contributed by atoms with E-state index in [1.54, 1.807) is 0 Å². The Hall–Kier alpha value is -1.66. The second kappa shape index (κ2) is 6.62. The van der Waals surface area contributed by atoms with Crippen molar-refractivity contribution in [3.63, 3.8) is 0 Å². The fourth-order valence-corrected chi connectivity index (χ4v) is 4.17. The summed E-state index contributed by atoms with van der Waals surface area (Å²) in [7, 11) is 0. The van der Waals surface area contributed by atoms with Crippen LogP contribution in [0.1, 0.15) is 40.9 Å². The fourth-order valence-electron chi connectivity index (χ4n) is 2.85. The van der Waals surface area contributed by atoms with Crippen LogP contribution < -0.4 is 16.2 Å². The maximum Gasteiger partial charge on any atom is 0.280 e. The quantitative estimate of drug-likeness (QED) is 0.583. The summed E-state index contributed by atoms with van der Waals surface area (Å²) >= 11 is 6.72. The molecule has 4 nitrogen and oxygen atoms in total. The SMILES string of the molecule is Cc1c(C(=O)NNC(=S)NC2CCCC2)sc2ccccc12. The van der Waals surface area contributed by atoms with Crippen molar-refractivity contribution in [1.82, 2.24) is 16.2 Å². The first-order valence-corrected chi connectivity index (χ1v) is 8.72. The molecule has 1 aromatic carbocycles. The van der Waals surface area contributed by atoms with E-state index in [0.29, 0.717) is 11.2 Å². The van der Waals surface area contributed by atoms with Crippen LogP contribution in [-0.4, -0.2) is 17.1 Å². The van der Waals surface area contributed by atoms with Gasteiger partial charge < -0.3 is 5.32 Å². The Morgan fingerprint density at radius 1 is 1.23 bits per heavy atom. The van der Waals surface area contributed by atoms with Crippen LogP contribution in [0.25, 0.3) is 10.1 Å². The first-order chi connectivity index (χ1) is 10.6. The van der Waals surface area contributed by atoms with Crippen LogP contribution in [0.3, 0.4) is 0 Å². The van der Waals surface area contributed by atoms with Gasteiger partial charge in [0.1, 0.15) is 0 Å². The molecule has 1 heterocycles. The zero-order chi connectivity index (χ0) is 15.5. The van der Waals surface area contributed by atoms with Crippen molar-refractivity contribution < 1.29 is 4.79 Å². The summed E-state index contributed by atoms with van der Waals surface area (Å²) in [5, 5.41) is 4.85. The van der Waals surface area contributed by atoms with Gasteiger partial charge in [-0.1, -0.05) is 31.0 Å². The lowest BCUT2D eigenvalue weighted by Crippen LogP contribution is -2.49. The van der Waals surface area contributed by atoms with Gasteiger partial charge in [0, 0.05) is 10.7 Å². The topological polar surface area (TPSA) is 53.2 Å². The average molecular weight is 333 g/mol. The molecule has 0 aliphatic heterocycles. The molecule has 1 fully saturated rings. The normalized spacial score (nSPS) is 15.0. The Bertz CT molecular complexity index is 704. The number of hydrogen-bond acceptors (Lipinski definition) is 3. The molecular formula is C16H19N3OS2. The van der Waals surface area contributed by atoms with E-state index >= 15 is 0 Å². The molecule has 1 aromatic heterocycles. The Morgan fingerprint density at radius 2 is 1.95 bits per heavy atom. The number of thiocarbonyl (C=S) groups is 1. The van der Waals surface area contributed by atoms with Crippen molar-refractivity contribution >= 4 is 44.7 Å². The summed E-state index contributed by atoms with van der Waals surface area (Å²) in [5.41, 5.74) is 6.51. The number of thiophene rings is 1. The molecule has 0 bridgehead atoms. The molecule has 22 heavy (non-hydrogen) atoms. The number of amides is 1. The second-order valence-electron chi connectivity index (χ2n) is 5.59. The molecule has 2 aromatic rings. The number of rotatable bonds is 2. The Kier molecular flexibility index (Phi) is 4.59. The number of nitrogens with one attached hydrogen (secondary N) is 3. The van der Waals surface area contributed by atoms with E-state index in [2.05, 4.69) is 16.2 Å². The first-order valence-electron chi connectivity index (χ1n) is 7.50. The molecule has 1 amide bonds. The Balaban J connectivity index is 1.61. The van der Waals surface area contributed by atoms with E-state index in [4.69, 9.17) is 12.2 Å². The first kappa shape index (κ1) is 15.2. The van der Waals surface area contributed by atoms with E-state index in [9.17, 15) is 4.79 Å². The van der Waals surface area contributed by atoms with Crippen LogP contribution in [0.2, 0.25) is 0 Å². The smallest absolute Gasteiger partial charge is 0.280 e. The number of benzene rings is 1. The van der Waals surface area contributed by atoms with Crippen molar-refractivity contribution in [2.75, 3.05) is 0 Å². The molecule has 0 saturated heterocycles. The second-order valence-corrected chi connectivity index (χ2v) is 7.05. The summed E-state index contributed by atoms with van der Waals surface area (Å²) < 4.78 is 1.12. The third-order valence-corrected chi connectivity index (χ3v) is 5.52. The van der Waals surface area contributed by atoms with Gasteiger partial charge >= 0.3 is 0 Å². The lowest BCUT2D eigenvalue weighted by molar-refractivity contribution is 0.0947. The molecule has 0 atom stereocenters. The van der Waals surface area contributed by atoms with Crippen molar-refractivity contribution in [2.24, 2.45) is 0 Å². The van der Waals surface area contributed by atoms with Crippen LogP contribution >= 0.6 is 23.6 Å². The largest absolute Gasteiger partial charge is 0.359 e. The summed E-state index contributed by atoms with van der Waals surface area (Å²) in [5.74, 6) is -0.144. The van der Waals surface area contributed by atoms with E-state index in [1.807, 2.05) is 31.2 Å². The zero-order valence-corrected chi connectivity index (χ0v) is 14.1. The zero-order valence-electron chi connectivity index (χ0n) is 12.4. The van der Waals surface area contributed by atoms with Crippen LogP contribution in [-0.2, 0) is 0 Å². The predicted molar refractivity (Wildman–Crippen MR) is 95.2 cm³/mol. The third kappa shape index (κ3) is 3.23. The summed E-state index contributed by atoms with van der Waals surface area (Å²) in [6.45, 7) is 1.98. The fraction of sp³-hybridized carbons (Fsp3) is 0.375. The van der Waals surface area contributed by atoms with E-state index < -0.39 is 0 Å². The van der Waals surface area contributed by atoms with Crippen LogP contribution in [0.5, 0.6) is 0 Å². The van der Waals surface area contributed by atoms with E-state index in [0.717, 1.165) is 33.4 Å². The van der Waals surface area contributed by atoms with Gasteiger partial charge in [0.25, 0.3) is 5.91 Å². The Morgan fingerprint density at radius 3 is 2.68 bits per heavy atom. The summed E-state index contributed by atoms with van der Waals surface area (Å²) in [6, 6.07) is 8.48. The molecule has 0 radical (unpaired) electrons. The number of hydrazine groups is 1. The van der Waals surface area contributed by atoms with Crippen molar-refractivity contribution in [1.29, 1.82) is 0 Å². The number of fused-ring (bicyclic) bond motifs is 1. The highest BCUT2D eigenvalue weighted by molar-refractivity contribution is 7.80. The molecular weight excluding hydrogens is 314 g/mol. The molecule has 3 N–H and O–H groups in total. The highest BCUT2D eigenvalue weighted by atomic mass is 32.1. The molecule has 3 rings (SSSR count). The molecule has 0 unspecified atom stereocenters. The summed E-state index contributed by atoms with van der Waals surface area (Å²) in [6.07, 6.45) is 4.78. The van der Waals surface area contributed by atoms with Crippen LogP contribution in [0, 0.1) is 6.92 Å². The Labute approximate surface area is 139 Å². The van der Waals surface area contributed by atoms with Gasteiger partial charge in [-0.2, -0.15) is 0 Å². The maximum atomic E-state index is 12.3. The van der Waals surface area contributed by atoms with Gasteiger partial charge in [-0.15, -0.1) is 11.3 Å². The van der Waals surface area contributed by atoms with Gasteiger partial charge in [0.2, 0.25) is 0 Å². The molecule has 116 valence electrons. The van der Waals surface area contributed by atoms with Gasteiger partial charge in [0.15, 0.2) is 5.11 Å². The van der Waals surface area contributed by atoms with Crippen molar-refractivity contribution in [3.05, 3.63) is 34.7 Å². The maximum absolute atomic E-state index is 12.3. The minimum Gasteiger partial charge on any atom is -0.359 e. The third-order valence-electron chi connectivity index (χ3n) is 4.03. The van der Waals surface area contributed by atoms with Gasteiger partial charge in [0.05, 0.1) is 4.88 Å². The van der Waals surface area contributed by atoms with Crippen LogP contribution in [0.15, 0.2) is 24.3 Å². The van der Waals surface area contributed by atoms with E-state index in [1.165, 1.54) is 24.2 Å². The minimum absolute atomic E-state index is 0.144. The monoisotopic (exact) mass is 333 g/mol. The van der Waals surface area contributed by atoms with Crippen molar-refractivity contribution in [3.8, 4) is 0 Å². The van der Waals surface area contributed by atoms with Gasteiger partial charge in [-0.05, 0) is 49.0 Å². The molecule has 6 heteroatoms. The summed E-state index contributed by atoms with van der Waals surface area (Å²) in [4.78, 5) is 13.0. The average Bonchev–Trinajstić information content (AvgIpc) is 3.13. The molecule has 1 saturated carbocycles. The number of carbonyl (C=O) groups is 1. The minimum atomic E-state index is -0.144. The van der Waals surface area contributed by atoms with Gasteiger partial charge in [-0.25, -0.2) is 0 Å². The highest BCUT2D eigenvalue weighted by Gasteiger charge is 2.17.